The van der Waals surface area contributed by atoms with Crippen LogP contribution in [0.3, 0.4) is 0 Å². The number of pyridine rings is 1. The normalized spacial score (nSPS) is 12.5. The number of nitrogens with zero attached hydrogens (tertiary/aromatic N) is 2. The molecule has 4 aromatic rings. The molecule has 2 aromatic carbocycles. The summed E-state index contributed by atoms with van der Waals surface area (Å²) in [5.74, 6) is 0.470. The van der Waals surface area contributed by atoms with E-state index in [1.807, 2.05) is 57.3 Å². The average Bonchev–Trinajstić information content (AvgIpc) is 3.25. The molecule has 0 radical (unpaired) electrons. The molecular weight excluding hydrogens is 456 g/mol. The Labute approximate surface area is 210 Å². The number of aromatic amines is 1. The van der Waals surface area contributed by atoms with Crippen molar-refractivity contribution in [3.8, 4) is 11.1 Å². The topological polar surface area (TPSA) is 84.1 Å². The van der Waals surface area contributed by atoms with Crippen molar-refractivity contribution in [2.24, 2.45) is 0 Å². The SMILES string of the molecule is CCN(CC)CCNC(=O)c1cc(-c2cccc([S+]([O-])CC)c2)c2c([nH]c3ncc(C)cc32)c1C. The minimum absolute atomic E-state index is 0.0890. The minimum atomic E-state index is -1.06. The highest BCUT2D eigenvalue weighted by molar-refractivity contribution is 7.91. The van der Waals surface area contributed by atoms with E-state index in [2.05, 4.69) is 40.1 Å². The van der Waals surface area contributed by atoms with E-state index in [1.165, 1.54) is 0 Å². The van der Waals surface area contributed by atoms with Gasteiger partial charge in [0.25, 0.3) is 5.91 Å². The van der Waals surface area contributed by atoms with Gasteiger partial charge in [0.05, 0.1) is 5.52 Å². The maximum Gasteiger partial charge on any atom is 0.251 e. The summed E-state index contributed by atoms with van der Waals surface area (Å²) in [5.41, 5.74) is 6.18. The van der Waals surface area contributed by atoms with Crippen LogP contribution in [0.4, 0.5) is 0 Å². The quantitative estimate of drug-likeness (QED) is 0.316. The molecule has 4 rings (SSSR count). The van der Waals surface area contributed by atoms with Crippen molar-refractivity contribution < 1.29 is 9.35 Å². The van der Waals surface area contributed by atoms with Gasteiger partial charge in [0.1, 0.15) is 11.4 Å². The van der Waals surface area contributed by atoms with Crippen molar-refractivity contribution in [2.75, 3.05) is 31.9 Å². The van der Waals surface area contributed by atoms with Crippen molar-refractivity contribution in [1.82, 2.24) is 20.2 Å². The molecule has 35 heavy (non-hydrogen) atoms. The van der Waals surface area contributed by atoms with Crippen LogP contribution in [0.5, 0.6) is 0 Å². The zero-order valence-corrected chi connectivity index (χ0v) is 22.0. The Morgan fingerprint density at radius 2 is 1.91 bits per heavy atom. The van der Waals surface area contributed by atoms with Gasteiger partial charge in [-0.2, -0.15) is 0 Å². The van der Waals surface area contributed by atoms with E-state index in [0.29, 0.717) is 17.9 Å². The highest BCUT2D eigenvalue weighted by Crippen LogP contribution is 2.38. The molecular formula is C28H34N4O2S. The highest BCUT2D eigenvalue weighted by atomic mass is 32.2. The Morgan fingerprint density at radius 1 is 1.14 bits per heavy atom. The molecule has 0 spiro atoms. The highest BCUT2D eigenvalue weighted by Gasteiger charge is 2.21. The summed E-state index contributed by atoms with van der Waals surface area (Å²) in [6.07, 6.45) is 1.85. The van der Waals surface area contributed by atoms with Crippen LogP contribution >= 0.6 is 0 Å². The van der Waals surface area contributed by atoms with E-state index in [4.69, 9.17) is 0 Å². The van der Waals surface area contributed by atoms with Gasteiger partial charge in [0.15, 0.2) is 4.90 Å². The number of aryl methyl sites for hydroxylation is 2. The van der Waals surface area contributed by atoms with Crippen LogP contribution in [0.2, 0.25) is 0 Å². The van der Waals surface area contributed by atoms with Crippen LogP contribution in [0.25, 0.3) is 33.1 Å². The standard InChI is InChI=1S/C28H34N4O2S/c1-6-32(7-2)13-12-29-28(33)22-16-23(20-10-9-11-21(15-20)35(34)8-3)25-24-14-18(4)17-30-27(24)31-26(25)19(22)5/h9-11,14-17H,6-8,12-13H2,1-5H3,(H,29,33)(H,30,31). The lowest BCUT2D eigenvalue weighted by atomic mass is 9.93. The van der Waals surface area contributed by atoms with Crippen LogP contribution in [-0.2, 0) is 11.2 Å². The molecule has 0 saturated carbocycles. The third-order valence-electron chi connectivity index (χ3n) is 6.65. The Balaban J connectivity index is 1.87. The second kappa shape index (κ2) is 10.8. The average molecular weight is 491 g/mol. The number of benzene rings is 2. The van der Waals surface area contributed by atoms with E-state index in [9.17, 15) is 9.35 Å². The maximum absolute atomic E-state index is 13.3. The first-order valence-electron chi connectivity index (χ1n) is 12.3. The van der Waals surface area contributed by atoms with Gasteiger partial charge < -0.3 is 19.8 Å². The number of nitrogens with one attached hydrogen (secondary N) is 2. The van der Waals surface area contributed by atoms with Crippen LogP contribution in [0.15, 0.2) is 47.5 Å². The zero-order chi connectivity index (χ0) is 25.1. The van der Waals surface area contributed by atoms with Gasteiger partial charge in [-0.05, 0) is 85.5 Å². The molecule has 1 atom stereocenters. The molecule has 0 fully saturated rings. The first kappa shape index (κ1) is 25.2. The van der Waals surface area contributed by atoms with Gasteiger partial charge in [-0.15, -0.1) is 0 Å². The smallest absolute Gasteiger partial charge is 0.251 e. The number of carbonyl (C=O) groups excluding carboxylic acids is 1. The Bertz CT molecular complexity index is 1360. The third kappa shape index (κ3) is 5.08. The second-order valence-electron chi connectivity index (χ2n) is 8.83. The largest absolute Gasteiger partial charge is 0.611 e. The number of amides is 1. The number of hydrogen-bond donors (Lipinski definition) is 2. The maximum atomic E-state index is 13.3. The number of likely N-dealkylation sites (N-methyl/N-ethyl adjacent to an activating group) is 1. The monoisotopic (exact) mass is 490 g/mol. The lowest BCUT2D eigenvalue weighted by Crippen LogP contribution is -2.35. The summed E-state index contributed by atoms with van der Waals surface area (Å²) in [6.45, 7) is 13.5. The molecule has 1 unspecified atom stereocenters. The van der Waals surface area contributed by atoms with Gasteiger partial charge in [0.2, 0.25) is 0 Å². The molecule has 184 valence electrons. The molecule has 0 bridgehead atoms. The number of hydrogen-bond acceptors (Lipinski definition) is 4. The Kier molecular flexibility index (Phi) is 7.79. The molecule has 0 aliphatic heterocycles. The predicted molar refractivity (Wildman–Crippen MR) is 146 cm³/mol. The molecule has 2 aromatic heterocycles. The predicted octanol–water partition coefficient (Wildman–Crippen LogP) is 5.20. The molecule has 1 amide bonds. The summed E-state index contributed by atoms with van der Waals surface area (Å²) in [7, 11) is 0. The summed E-state index contributed by atoms with van der Waals surface area (Å²) >= 11 is -1.06. The fraction of sp³-hybridized carbons (Fsp3) is 0.357. The summed E-state index contributed by atoms with van der Waals surface area (Å²) in [4.78, 5) is 24.5. The number of rotatable bonds is 9. The van der Waals surface area contributed by atoms with Crippen molar-refractivity contribution in [3.63, 3.8) is 0 Å². The lowest BCUT2D eigenvalue weighted by molar-refractivity contribution is 0.0948. The lowest BCUT2D eigenvalue weighted by Gasteiger charge is -2.18. The van der Waals surface area contributed by atoms with E-state index < -0.39 is 11.2 Å². The molecule has 2 heterocycles. The summed E-state index contributed by atoms with van der Waals surface area (Å²) < 4.78 is 12.5. The van der Waals surface area contributed by atoms with Gasteiger partial charge in [-0.25, -0.2) is 4.98 Å². The van der Waals surface area contributed by atoms with E-state index in [1.54, 1.807) is 0 Å². The molecule has 0 aliphatic carbocycles. The molecule has 2 N–H and O–H groups in total. The molecule has 0 aliphatic rings. The minimum Gasteiger partial charge on any atom is -0.611 e. The van der Waals surface area contributed by atoms with E-state index in [-0.39, 0.29) is 5.91 Å². The van der Waals surface area contributed by atoms with Crippen molar-refractivity contribution in [3.05, 3.63) is 59.3 Å². The van der Waals surface area contributed by atoms with Crippen molar-refractivity contribution >= 4 is 39.0 Å². The summed E-state index contributed by atoms with van der Waals surface area (Å²) in [5, 5.41) is 5.16. The van der Waals surface area contributed by atoms with Crippen molar-refractivity contribution in [1.29, 1.82) is 0 Å². The summed E-state index contributed by atoms with van der Waals surface area (Å²) in [6, 6.07) is 11.9. The molecule has 0 saturated heterocycles. The van der Waals surface area contributed by atoms with E-state index >= 15 is 0 Å². The molecule has 6 nitrogen and oxygen atoms in total. The van der Waals surface area contributed by atoms with Gasteiger partial charge in [-0.3, -0.25) is 4.79 Å². The fourth-order valence-corrected chi connectivity index (χ4v) is 5.42. The Hall–Kier alpha value is -2.87. The number of carbonyl (C=O) groups is 1. The first-order valence-corrected chi connectivity index (χ1v) is 13.6. The van der Waals surface area contributed by atoms with Gasteiger partial charge in [0, 0.05) is 41.7 Å². The third-order valence-corrected chi connectivity index (χ3v) is 7.95. The fourth-order valence-electron chi connectivity index (χ4n) is 4.59. The van der Waals surface area contributed by atoms with Gasteiger partial charge in [-0.1, -0.05) is 26.0 Å². The van der Waals surface area contributed by atoms with Gasteiger partial charge >= 0.3 is 0 Å². The zero-order valence-electron chi connectivity index (χ0n) is 21.2. The number of H-pyrrole nitrogens is 1. The van der Waals surface area contributed by atoms with Crippen LogP contribution < -0.4 is 5.32 Å². The van der Waals surface area contributed by atoms with Crippen LogP contribution in [0.1, 0.15) is 42.3 Å². The first-order chi connectivity index (χ1) is 16.9. The molecule has 7 heteroatoms. The number of fused-ring (bicyclic) bond motifs is 3. The second-order valence-corrected chi connectivity index (χ2v) is 10.6. The van der Waals surface area contributed by atoms with Crippen LogP contribution in [0, 0.1) is 13.8 Å². The Morgan fingerprint density at radius 3 is 2.63 bits per heavy atom. The number of aromatic nitrogens is 2. The van der Waals surface area contributed by atoms with Crippen molar-refractivity contribution in [2.45, 2.75) is 39.5 Å². The van der Waals surface area contributed by atoms with E-state index in [0.717, 1.165) is 68.7 Å². The van der Waals surface area contributed by atoms with Crippen LogP contribution in [-0.4, -0.2) is 57.3 Å².